The number of nitrogens with two attached hydrogens (primary N) is 1. The number of nitrogen functional groups attached to an aromatic ring is 1. The molecule has 192 valence electrons. The van der Waals surface area contributed by atoms with Gasteiger partial charge in [0, 0.05) is 25.7 Å². The maximum absolute atomic E-state index is 13.0. The standard InChI is InChI=1S/C23H29N7O6/c1-3-5-13-29(19-20(24)30(12-4-2)23(34)27-22(19)33)17(31)14-35-18(32)10-9-16-26-21(28-36-16)15-8-6-7-11-25-15/h6-8,11H,3-5,9-10,12-14,24H2,1-2H3,(H,27,33,34). The smallest absolute Gasteiger partial charge is 0.330 e. The number of ether oxygens (including phenoxy) is 1. The summed E-state index contributed by atoms with van der Waals surface area (Å²) in [4.78, 5) is 61.6. The fraction of sp³-hybridized carbons (Fsp3) is 0.435. The van der Waals surface area contributed by atoms with Gasteiger partial charge in [-0.25, -0.2) is 4.79 Å². The van der Waals surface area contributed by atoms with Gasteiger partial charge in [-0.3, -0.25) is 28.9 Å². The number of aromatic amines is 1. The van der Waals surface area contributed by atoms with E-state index in [-0.39, 0.29) is 43.3 Å². The lowest BCUT2D eigenvalue weighted by atomic mass is 10.2. The second-order valence-corrected chi connectivity index (χ2v) is 7.93. The first-order valence-corrected chi connectivity index (χ1v) is 11.7. The van der Waals surface area contributed by atoms with E-state index in [0.717, 1.165) is 11.3 Å². The zero-order chi connectivity index (χ0) is 26.1. The number of amides is 1. The Hall–Kier alpha value is -4.29. The molecule has 0 aliphatic carbocycles. The fourth-order valence-electron chi connectivity index (χ4n) is 3.42. The van der Waals surface area contributed by atoms with Crippen molar-refractivity contribution in [2.24, 2.45) is 0 Å². The van der Waals surface area contributed by atoms with Crippen LogP contribution in [0.3, 0.4) is 0 Å². The van der Waals surface area contributed by atoms with Crippen LogP contribution in [0.25, 0.3) is 11.5 Å². The monoisotopic (exact) mass is 499 g/mol. The Morgan fingerprint density at radius 1 is 1.22 bits per heavy atom. The first-order valence-electron chi connectivity index (χ1n) is 11.7. The van der Waals surface area contributed by atoms with E-state index in [1.165, 1.54) is 4.57 Å². The van der Waals surface area contributed by atoms with Gasteiger partial charge in [-0.15, -0.1) is 0 Å². The van der Waals surface area contributed by atoms with Gasteiger partial charge in [0.1, 0.15) is 11.5 Å². The van der Waals surface area contributed by atoms with Gasteiger partial charge < -0.3 is 19.9 Å². The zero-order valence-corrected chi connectivity index (χ0v) is 20.2. The number of carbonyl (C=O) groups excluding carboxylic acids is 2. The van der Waals surface area contributed by atoms with Crippen molar-refractivity contribution in [3.05, 3.63) is 51.1 Å². The minimum absolute atomic E-state index is 0.101. The molecule has 0 saturated carbocycles. The van der Waals surface area contributed by atoms with Crippen molar-refractivity contribution >= 4 is 23.4 Å². The predicted octanol–water partition coefficient (Wildman–Crippen LogP) is 1.28. The van der Waals surface area contributed by atoms with Crippen molar-refractivity contribution in [2.75, 3.05) is 23.8 Å². The van der Waals surface area contributed by atoms with Crippen molar-refractivity contribution in [1.82, 2.24) is 24.7 Å². The highest BCUT2D eigenvalue weighted by Gasteiger charge is 2.25. The number of hydrogen-bond donors (Lipinski definition) is 2. The van der Waals surface area contributed by atoms with Gasteiger partial charge in [-0.05, 0) is 25.0 Å². The topological polar surface area (TPSA) is 179 Å². The summed E-state index contributed by atoms with van der Waals surface area (Å²) >= 11 is 0. The van der Waals surface area contributed by atoms with Gasteiger partial charge in [-0.2, -0.15) is 4.98 Å². The number of nitrogens with zero attached hydrogens (tertiary/aromatic N) is 5. The van der Waals surface area contributed by atoms with E-state index >= 15 is 0 Å². The Labute approximate surface area is 206 Å². The van der Waals surface area contributed by atoms with E-state index in [4.69, 9.17) is 15.0 Å². The molecular formula is C23H29N7O6. The molecule has 3 aromatic rings. The average Bonchev–Trinajstić information content (AvgIpc) is 3.35. The highest BCUT2D eigenvalue weighted by atomic mass is 16.5. The summed E-state index contributed by atoms with van der Waals surface area (Å²) in [7, 11) is 0. The third-order valence-corrected chi connectivity index (χ3v) is 5.23. The number of pyridine rings is 1. The third kappa shape index (κ3) is 6.43. The van der Waals surface area contributed by atoms with Gasteiger partial charge in [-0.1, -0.05) is 31.5 Å². The Morgan fingerprint density at radius 3 is 2.72 bits per heavy atom. The van der Waals surface area contributed by atoms with Crippen molar-refractivity contribution in [2.45, 2.75) is 52.5 Å². The van der Waals surface area contributed by atoms with Crippen LogP contribution in [0, 0.1) is 0 Å². The van der Waals surface area contributed by atoms with Crippen LogP contribution in [-0.4, -0.2) is 49.7 Å². The van der Waals surface area contributed by atoms with E-state index < -0.39 is 29.7 Å². The number of rotatable bonds is 12. The van der Waals surface area contributed by atoms with Crippen LogP contribution in [0.5, 0.6) is 0 Å². The second-order valence-electron chi connectivity index (χ2n) is 7.93. The maximum atomic E-state index is 13.0. The normalized spacial score (nSPS) is 10.8. The SMILES string of the molecule is CCCCN(C(=O)COC(=O)CCc1nc(-c2ccccn2)no1)c1c(N)n(CCC)c(=O)[nH]c1=O. The summed E-state index contributed by atoms with van der Waals surface area (Å²) in [6.45, 7) is 3.62. The Bertz CT molecular complexity index is 1300. The quantitative estimate of drug-likeness (QED) is 0.345. The molecule has 0 spiro atoms. The van der Waals surface area contributed by atoms with Crippen LogP contribution in [-0.2, 0) is 27.3 Å². The number of nitrogens with one attached hydrogen (secondary N) is 1. The fourth-order valence-corrected chi connectivity index (χ4v) is 3.42. The zero-order valence-electron chi connectivity index (χ0n) is 20.2. The maximum Gasteiger partial charge on any atom is 0.330 e. The molecule has 0 unspecified atom stereocenters. The molecule has 0 saturated heterocycles. The van der Waals surface area contributed by atoms with Crippen LogP contribution in [0.1, 0.15) is 45.4 Å². The molecule has 3 heterocycles. The Morgan fingerprint density at radius 2 is 2.03 bits per heavy atom. The van der Waals surface area contributed by atoms with Gasteiger partial charge >= 0.3 is 11.7 Å². The molecule has 13 heteroatoms. The molecule has 0 radical (unpaired) electrons. The number of H-pyrrole nitrogens is 1. The van der Waals surface area contributed by atoms with Crippen molar-refractivity contribution in [1.29, 1.82) is 0 Å². The third-order valence-electron chi connectivity index (χ3n) is 5.23. The molecule has 0 fully saturated rings. The lowest BCUT2D eigenvalue weighted by Gasteiger charge is -2.24. The molecule has 0 aromatic carbocycles. The minimum atomic E-state index is -0.777. The van der Waals surface area contributed by atoms with Gasteiger partial charge in [0.15, 0.2) is 12.3 Å². The number of carbonyl (C=O) groups is 2. The van der Waals surface area contributed by atoms with Gasteiger partial charge in [0.05, 0.1) is 6.42 Å². The molecule has 3 aromatic heterocycles. The number of hydrogen-bond acceptors (Lipinski definition) is 10. The first kappa shape index (κ1) is 26.3. The van der Waals surface area contributed by atoms with Crippen LogP contribution < -0.4 is 21.9 Å². The van der Waals surface area contributed by atoms with E-state index in [2.05, 4.69) is 20.1 Å². The lowest BCUT2D eigenvalue weighted by molar-refractivity contribution is -0.147. The Balaban J connectivity index is 1.64. The highest BCUT2D eigenvalue weighted by Crippen LogP contribution is 2.18. The van der Waals surface area contributed by atoms with Crippen LogP contribution in [0.2, 0.25) is 0 Å². The molecule has 0 aliphatic heterocycles. The summed E-state index contributed by atoms with van der Waals surface area (Å²) in [5.74, 6) is -0.879. The molecule has 0 aliphatic rings. The number of unbranched alkanes of at least 4 members (excludes halogenated alkanes) is 1. The molecule has 3 N–H and O–H groups in total. The minimum Gasteiger partial charge on any atom is -0.456 e. The Kier molecular flexibility index (Phi) is 9.08. The van der Waals surface area contributed by atoms with Crippen molar-refractivity contribution < 1.29 is 18.8 Å². The first-order chi connectivity index (χ1) is 17.3. The largest absolute Gasteiger partial charge is 0.456 e. The molecule has 0 atom stereocenters. The van der Waals surface area contributed by atoms with Gasteiger partial charge in [0.25, 0.3) is 11.5 Å². The molecule has 36 heavy (non-hydrogen) atoms. The summed E-state index contributed by atoms with van der Waals surface area (Å²) in [5.41, 5.74) is 5.08. The summed E-state index contributed by atoms with van der Waals surface area (Å²) < 4.78 is 11.5. The van der Waals surface area contributed by atoms with Crippen LogP contribution in [0.4, 0.5) is 11.5 Å². The van der Waals surface area contributed by atoms with E-state index in [1.807, 2.05) is 13.8 Å². The molecule has 1 amide bonds. The summed E-state index contributed by atoms with van der Waals surface area (Å²) in [6, 6.07) is 5.28. The highest BCUT2D eigenvalue weighted by molar-refractivity contribution is 5.97. The number of anilines is 2. The van der Waals surface area contributed by atoms with Crippen molar-refractivity contribution in [3.8, 4) is 11.5 Å². The molecular weight excluding hydrogens is 470 g/mol. The van der Waals surface area contributed by atoms with Gasteiger partial charge in [0.2, 0.25) is 11.7 Å². The lowest BCUT2D eigenvalue weighted by Crippen LogP contribution is -2.43. The second kappa shape index (κ2) is 12.4. The van der Waals surface area contributed by atoms with Crippen LogP contribution >= 0.6 is 0 Å². The van der Waals surface area contributed by atoms with Crippen LogP contribution in [0.15, 0.2) is 38.5 Å². The van der Waals surface area contributed by atoms with E-state index in [1.54, 1.807) is 24.4 Å². The number of aromatic nitrogens is 5. The van der Waals surface area contributed by atoms with E-state index in [9.17, 15) is 19.2 Å². The molecule has 13 nitrogen and oxygen atoms in total. The number of aryl methyl sites for hydroxylation is 1. The van der Waals surface area contributed by atoms with E-state index in [0.29, 0.717) is 24.4 Å². The summed E-state index contributed by atoms with van der Waals surface area (Å²) in [5, 5.41) is 3.84. The van der Waals surface area contributed by atoms with Crippen molar-refractivity contribution in [3.63, 3.8) is 0 Å². The summed E-state index contributed by atoms with van der Waals surface area (Å²) in [6.07, 6.45) is 3.52. The molecule has 3 rings (SSSR count). The number of esters is 1. The predicted molar refractivity (Wildman–Crippen MR) is 130 cm³/mol. The molecule has 0 bridgehead atoms. The average molecular weight is 500 g/mol.